The van der Waals surface area contributed by atoms with Gasteiger partial charge >= 0.3 is 6.09 Å². The van der Waals surface area contributed by atoms with Gasteiger partial charge in [0.05, 0.1) is 12.2 Å². The van der Waals surface area contributed by atoms with Gasteiger partial charge in [0, 0.05) is 22.3 Å². The van der Waals surface area contributed by atoms with Gasteiger partial charge in [-0.05, 0) is 93.5 Å². The minimum Gasteiger partial charge on any atom is -0.450 e. The van der Waals surface area contributed by atoms with Crippen LogP contribution in [0.4, 0.5) is 4.79 Å². The molecule has 0 radical (unpaired) electrons. The molecule has 4 aliphatic carbocycles. The molecule has 0 aromatic heterocycles. The first-order chi connectivity index (χ1) is 18.4. The second kappa shape index (κ2) is 9.85. The van der Waals surface area contributed by atoms with Crippen molar-refractivity contribution in [2.45, 2.75) is 119 Å². The Morgan fingerprint density at radius 2 is 1.62 bits per heavy atom. The maximum absolute atomic E-state index is 14.2. The number of ketones is 2. The molecule has 0 aromatic rings. The van der Waals surface area contributed by atoms with Crippen molar-refractivity contribution in [1.29, 1.82) is 5.26 Å². The zero-order valence-electron chi connectivity index (χ0n) is 26.3. The average molecular weight is 551 g/mol. The summed E-state index contributed by atoms with van der Waals surface area (Å²) in [5.74, 6) is -0.0149. The smallest absolute Gasteiger partial charge is 0.407 e. The lowest BCUT2D eigenvalue weighted by Crippen LogP contribution is -2.60. The van der Waals surface area contributed by atoms with E-state index in [2.05, 4.69) is 52.9 Å². The number of nitrogens with zero attached hydrogens (tertiary/aromatic N) is 1. The summed E-state index contributed by atoms with van der Waals surface area (Å²) in [6.07, 6.45) is 10.3. The van der Waals surface area contributed by atoms with Crippen molar-refractivity contribution in [2.75, 3.05) is 6.61 Å². The Morgan fingerprint density at radius 3 is 2.25 bits per heavy atom. The Balaban J connectivity index is 1.85. The summed E-state index contributed by atoms with van der Waals surface area (Å²) in [4.78, 5) is 40.1. The molecule has 0 saturated heterocycles. The average Bonchev–Trinajstić information content (AvgIpc) is 2.85. The molecule has 0 aromatic carbocycles. The predicted octanol–water partition coefficient (Wildman–Crippen LogP) is 7.48. The minimum atomic E-state index is -0.681. The first kappa shape index (κ1) is 30.5. The molecule has 0 spiro atoms. The Kier molecular flexibility index (Phi) is 7.52. The van der Waals surface area contributed by atoms with E-state index in [1.165, 1.54) is 0 Å². The highest BCUT2D eigenvalue weighted by Crippen LogP contribution is 2.70. The summed E-state index contributed by atoms with van der Waals surface area (Å²) in [5.41, 5.74) is -0.998. The Bertz CT molecular complexity index is 1200. The topological polar surface area (TPSA) is 96.3 Å². The summed E-state index contributed by atoms with van der Waals surface area (Å²) in [6, 6.07) is 2.18. The van der Waals surface area contributed by atoms with E-state index in [1.807, 2.05) is 32.9 Å². The number of fused-ring (bicyclic) bond motifs is 5. The van der Waals surface area contributed by atoms with Gasteiger partial charge in [-0.1, -0.05) is 60.1 Å². The Morgan fingerprint density at radius 1 is 0.975 bits per heavy atom. The fraction of sp³-hybridized carbons (Fsp3) is 0.765. The highest BCUT2D eigenvalue weighted by molar-refractivity contribution is 6.04. The Labute approximate surface area is 241 Å². The number of alkyl carbamates (subject to hydrolysis) is 1. The summed E-state index contributed by atoms with van der Waals surface area (Å²) in [5, 5.41) is 13.1. The van der Waals surface area contributed by atoms with Gasteiger partial charge in [0.15, 0.2) is 11.6 Å². The predicted molar refractivity (Wildman–Crippen MR) is 156 cm³/mol. The van der Waals surface area contributed by atoms with Crippen molar-refractivity contribution >= 4 is 17.7 Å². The third-order valence-corrected chi connectivity index (χ3v) is 12.1. The summed E-state index contributed by atoms with van der Waals surface area (Å²) in [6.45, 7) is 19.5. The van der Waals surface area contributed by atoms with Crippen LogP contribution in [0.3, 0.4) is 0 Å². The lowest BCUT2D eigenvalue weighted by Gasteiger charge is -2.65. The monoisotopic (exact) mass is 550 g/mol. The van der Waals surface area contributed by atoms with E-state index in [-0.39, 0.29) is 51.3 Å². The van der Waals surface area contributed by atoms with Crippen LogP contribution in [0, 0.1) is 50.2 Å². The van der Waals surface area contributed by atoms with Crippen molar-refractivity contribution in [3.05, 3.63) is 23.3 Å². The van der Waals surface area contributed by atoms with Crippen LogP contribution < -0.4 is 5.32 Å². The van der Waals surface area contributed by atoms with E-state index in [4.69, 9.17) is 4.74 Å². The van der Waals surface area contributed by atoms with Gasteiger partial charge in [-0.2, -0.15) is 5.26 Å². The van der Waals surface area contributed by atoms with Crippen LogP contribution in [0.2, 0.25) is 0 Å². The van der Waals surface area contributed by atoms with Crippen LogP contribution in [0.5, 0.6) is 0 Å². The van der Waals surface area contributed by atoms with Gasteiger partial charge in [0.1, 0.15) is 6.07 Å². The van der Waals surface area contributed by atoms with E-state index in [1.54, 1.807) is 0 Å². The molecule has 40 heavy (non-hydrogen) atoms. The standard InChI is InChI=1S/C34H50N2O4/c1-10-40-28(39)36-31(6)16-15-29(2,3)13-11-23-24(37)19-26-32(7)20-22(21-35)27(38)30(4,5)25(32)12-14-34(26,9)33(23,8)18-17-31/h19-20,23,25H,10-18H2,1-9H3,(H,36,39)/t23?,25-,31-,32-,33+,34+/m0/s1. The van der Waals surface area contributed by atoms with Crippen LogP contribution in [0.25, 0.3) is 0 Å². The van der Waals surface area contributed by atoms with E-state index < -0.39 is 16.4 Å². The summed E-state index contributed by atoms with van der Waals surface area (Å²) >= 11 is 0. The van der Waals surface area contributed by atoms with Gasteiger partial charge < -0.3 is 10.1 Å². The number of amides is 1. The van der Waals surface area contributed by atoms with E-state index in [9.17, 15) is 19.6 Å². The van der Waals surface area contributed by atoms with E-state index in [0.717, 1.165) is 56.9 Å². The lowest BCUT2D eigenvalue weighted by atomic mass is 9.38. The fourth-order valence-corrected chi connectivity index (χ4v) is 9.13. The maximum atomic E-state index is 14.2. The van der Waals surface area contributed by atoms with Crippen LogP contribution in [0.15, 0.2) is 23.3 Å². The quantitative estimate of drug-likeness (QED) is 0.384. The number of carbonyl (C=O) groups is 3. The maximum Gasteiger partial charge on any atom is 0.407 e. The molecule has 220 valence electrons. The first-order valence-corrected chi connectivity index (χ1v) is 15.3. The first-order valence-electron chi connectivity index (χ1n) is 15.3. The van der Waals surface area contributed by atoms with Gasteiger partial charge in [0.2, 0.25) is 0 Å². The molecule has 2 saturated carbocycles. The molecule has 4 rings (SSSR count). The number of nitrogens with one attached hydrogen (secondary N) is 1. The van der Waals surface area contributed by atoms with Crippen molar-refractivity contribution in [3.63, 3.8) is 0 Å². The molecule has 4 aliphatic rings. The normalized spacial score (nSPS) is 40.7. The third-order valence-electron chi connectivity index (χ3n) is 12.1. The highest BCUT2D eigenvalue weighted by Gasteiger charge is 2.65. The molecule has 6 nitrogen and oxygen atoms in total. The van der Waals surface area contributed by atoms with Gasteiger partial charge in [0.25, 0.3) is 0 Å². The molecule has 0 bridgehead atoms. The molecular weight excluding hydrogens is 500 g/mol. The van der Waals surface area contributed by atoms with E-state index >= 15 is 0 Å². The van der Waals surface area contributed by atoms with Crippen LogP contribution in [0.1, 0.15) is 114 Å². The number of rotatable bonds is 2. The number of nitriles is 1. The second-order valence-electron chi connectivity index (χ2n) is 15.5. The summed E-state index contributed by atoms with van der Waals surface area (Å²) in [7, 11) is 0. The molecule has 0 aliphatic heterocycles. The lowest BCUT2D eigenvalue weighted by molar-refractivity contribution is -0.139. The number of carbonyl (C=O) groups excluding carboxylic acids is 3. The Hall–Kier alpha value is -2.42. The van der Waals surface area contributed by atoms with E-state index in [0.29, 0.717) is 6.61 Å². The highest BCUT2D eigenvalue weighted by atomic mass is 16.5. The van der Waals surface area contributed by atoms with Crippen LogP contribution >= 0.6 is 0 Å². The number of hydrogen-bond acceptors (Lipinski definition) is 5. The zero-order valence-corrected chi connectivity index (χ0v) is 26.3. The molecule has 6 heteroatoms. The molecule has 2 fully saturated rings. The van der Waals surface area contributed by atoms with Gasteiger partial charge in [-0.25, -0.2) is 4.79 Å². The third kappa shape index (κ3) is 4.66. The van der Waals surface area contributed by atoms with Crippen LogP contribution in [-0.2, 0) is 14.3 Å². The molecular formula is C34H50N2O4. The molecule has 0 heterocycles. The molecule has 1 unspecified atom stereocenters. The fourth-order valence-electron chi connectivity index (χ4n) is 9.13. The van der Waals surface area contributed by atoms with Crippen molar-refractivity contribution in [1.82, 2.24) is 5.32 Å². The van der Waals surface area contributed by atoms with Crippen molar-refractivity contribution in [3.8, 4) is 6.07 Å². The number of Topliss-reactive ketones (excluding diaryl/α,β-unsaturated/α-hetero) is 1. The molecule has 6 atom stereocenters. The van der Waals surface area contributed by atoms with Gasteiger partial charge in [-0.15, -0.1) is 0 Å². The zero-order chi connectivity index (χ0) is 29.9. The molecule has 1 N–H and O–H groups in total. The van der Waals surface area contributed by atoms with Crippen molar-refractivity contribution in [2.24, 2.45) is 38.9 Å². The van der Waals surface area contributed by atoms with Gasteiger partial charge in [-0.3, -0.25) is 9.59 Å². The van der Waals surface area contributed by atoms with Crippen molar-refractivity contribution < 1.29 is 19.1 Å². The molecule has 1 amide bonds. The summed E-state index contributed by atoms with van der Waals surface area (Å²) < 4.78 is 5.29. The number of ether oxygens (including phenoxy) is 1. The second-order valence-corrected chi connectivity index (χ2v) is 15.5. The van der Waals surface area contributed by atoms with Crippen LogP contribution in [-0.4, -0.2) is 29.8 Å². The minimum absolute atomic E-state index is 0.0195. The SMILES string of the molecule is CCOC(=O)N[C@@]1(C)CCC(C)(C)CCC2C(=O)C=C3[C@@]4(C)C=C(C#N)C(=O)C(C)(C)[C@@H]4CC[C@@]3(C)[C@]2(C)CC1. The largest absolute Gasteiger partial charge is 0.450 e. The number of hydrogen-bond donors (Lipinski definition) is 1. The number of allylic oxidation sites excluding steroid dienone is 4.